The molecule has 0 amide bonds. The molecule has 1 N–H and O–H groups in total. The lowest BCUT2D eigenvalue weighted by Gasteiger charge is -2.05. The molecule has 0 aliphatic carbocycles. The van der Waals surface area contributed by atoms with E-state index in [2.05, 4.69) is 20.5 Å². The van der Waals surface area contributed by atoms with Gasteiger partial charge in [0.05, 0.1) is 12.0 Å². The van der Waals surface area contributed by atoms with Gasteiger partial charge in [0.2, 0.25) is 0 Å². The molecule has 0 atom stereocenters. The van der Waals surface area contributed by atoms with Gasteiger partial charge in [0.25, 0.3) is 0 Å². The minimum absolute atomic E-state index is 0.729. The Labute approximate surface area is 123 Å². The third-order valence-electron chi connectivity index (χ3n) is 3.09. The van der Waals surface area contributed by atoms with Gasteiger partial charge in [-0.05, 0) is 36.8 Å². The third-order valence-corrected chi connectivity index (χ3v) is 3.09. The predicted octanol–water partition coefficient (Wildman–Crippen LogP) is 3.10. The standard InChI is InChI=1S/C16H15N5/c1-13(19-20-16-4-2-3-9-18-16)14-5-7-15(8-6-14)21-11-10-17-12-21/h2-12H,1H3,(H,18,20)/b19-13+. The van der Waals surface area contributed by atoms with Crippen LogP contribution < -0.4 is 5.43 Å². The molecule has 5 nitrogen and oxygen atoms in total. The van der Waals surface area contributed by atoms with E-state index in [1.54, 1.807) is 18.7 Å². The number of anilines is 1. The average Bonchev–Trinajstić information content (AvgIpc) is 3.08. The predicted molar refractivity (Wildman–Crippen MR) is 83.6 cm³/mol. The van der Waals surface area contributed by atoms with Gasteiger partial charge in [0.1, 0.15) is 5.82 Å². The molecule has 0 aliphatic rings. The van der Waals surface area contributed by atoms with Gasteiger partial charge in [-0.25, -0.2) is 9.97 Å². The van der Waals surface area contributed by atoms with Crippen LogP contribution in [0.5, 0.6) is 0 Å². The molecule has 0 saturated carbocycles. The molecule has 0 bridgehead atoms. The molecular weight excluding hydrogens is 262 g/mol. The molecule has 5 heteroatoms. The summed E-state index contributed by atoms with van der Waals surface area (Å²) in [5.74, 6) is 0.729. The maximum Gasteiger partial charge on any atom is 0.146 e. The smallest absolute Gasteiger partial charge is 0.146 e. The summed E-state index contributed by atoms with van der Waals surface area (Å²) < 4.78 is 1.96. The fourth-order valence-corrected chi connectivity index (χ4v) is 1.92. The van der Waals surface area contributed by atoms with E-state index in [0.29, 0.717) is 0 Å². The Balaban J connectivity index is 1.74. The molecule has 2 aromatic heterocycles. The Kier molecular flexibility index (Phi) is 3.73. The molecule has 0 fully saturated rings. The molecule has 0 radical (unpaired) electrons. The van der Waals surface area contributed by atoms with Gasteiger partial charge in [-0.3, -0.25) is 5.43 Å². The number of rotatable bonds is 4. The van der Waals surface area contributed by atoms with E-state index in [0.717, 1.165) is 22.8 Å². The maximum atomic E-state index is 4.34. The van der Waals surface area contributed by atoms with Crippen LogP contribution in [0.4, 0.5) is 5.82 Å². The Morgan fingerprint density at radius 1 is 1.10 bits per heavy atom. The number of hydrogen-bond acceptors (Lipinski definition) is 4. The van der Waals surface area contributed by atoms with Crippen molar-refractivity contribution < 1.29 is 0 Å². The van der Waals surface area contributed by atoms with E-state index in [-0.39, 0.29) is 0 Å². The topological polar surface area (TPSA) is 55.1 Å². The van der Waals surface area contributed by atoms with Gasteiger partial charge >= 0.3 is 0 Å². The van der Waals surface area contributed by atoms with Gasteiger partial charge in [-0.2, -0.15) is 5.10 Å². The second-order valence-electron chi connectivity index (χ2n) is 4.54. The van der Waals surface area contributed by atoms with Crippen LogP contribution in [0.1, 0.15) is 12.5 Å². The molecule has 0 saturated heterocycles. The lowest BCUT2D eigenvalue weighted by molar-refractivity contribution is 1.06. The summed E-state index contributed by atoms with van der Waals surface area (Å²) in [6.45, 7) is 1.96. The van der Waals surface area contributed by atoms with Gasteiger partial charge in [-0.1, -0.05) is 18.2 Å². The van der Waals surface area contributed by atoms with Crippen LogP contribution >= 0.6 is 0 Å². The monoisotopic (exact) mass is 277 g/mol. The molecule has 3 rings (SSSR count). The largest absolute Gasteiger partial charge is 0.306 e. The first kappa shape index (κ1) is 13.1. The van der Waals surface area contributed by atoms with E-state index in [1.807, 2.05) is 60.2 Å². The van der Waals surface area contributed by atoms with Crippen molar-refractivity contribution in [1.29, 1.82) is 0 Å². The van der Waals surface area contributed by atoms with Crippen LogP contribution in [-0.4, -0.2) is 20.2 Å². The zero-order valence-corrected chi connectivity index (χ0v) is 11.6. The van der Waals surface area contributed by atoms with Crippen LogP contribution in [0, 0.1) is 0 Å². The highest BCUT2D eigenvalue weighted by molar-refractivity contribution is 5.99. The molecular formula is C16H15N5. The normalized spacial score (nSPS) is 11.4. The SMILES string of the molecule is C/C(=N\Nc1ccccn1)c1ccc(-n2ccnc2)cc1. The van der Waals surface area contributed by atoms with E-state index in [1.165, 1.54) is 0 Å². The molecule has 1 aromatic carbocycles. The first-order chi connectivity index (χ1) is 10.3. The van der Waals surface area contributed by atoms with Gasteiger partial charge in [0, 0.05) is 24.3 Å². The number of hydrogen-bond donors (Lipinski definition) is 1. The quantitative estimate of drug-likeness (QED) is 0.589. The van der Waals surface area contributed by atoms with Crippen molar-refractivity contribution >= 4 is 11.5 Å². The zero-order valence-electron chi connectivity index (χ0n) is 11.6. The van der Waals surface area contributed by atoms with Gasteiger partial charge < -0.3 is 4.57 Å². The van der Waals surface area contributed by atoms with Gasteiger partial charge in [0.15, 0.2) is 0 Å². The molecule has 0 unspecified atom stereocenters. The summed E-state index contributed by atoms with van der Waals surface area (Å²) >= 11 is 0. The van der Waals surface area contributed by atoms with Crippen molar-refractivity contribution in [2.45, 2.75) is 6.92 Å². The first-order valence-corrected chi connectivity index (χ1v) is 6.63. The molecule has 0 aliphatic heterocycles. The molecule has 3 aromatic rings. The minimum Gasteiger partial charge on any atom is -0.306 e. The van der Waals surface area contributed by atoms with Crippen molar-refractivity contribution in [3.63, 3.8) is 0 Å². The fourth-order valence-electron chi connectivity index (χ4n) is 1.92. The van der Waals surface area contributed by atoms with Crippen LogP contribution in [0.25, 0.3) is 5.69 Å². The summed E-state index contributed by atoms with van der Waals surface area (Å²) in [5.41, 5.74) is 5.98. The van der Waals surface area contributed by atoms with Crippen LogP contribution in [-0.2, 0) is 0 Å². The van der Waals surface area contributed by atoms with Crippen molar-refractivity contribution in [1.82, 2.24) is 14.5 Å². The lowest BCUT2D eigenvalue weighted by atomic mass is 10.1. The highest BCUT2D eigenvalue weighted by Crippen LogP contribution is 2.10. The minimum atomic E-state index is 0.729. The Hall–Kier alpha value is -2.95. The van der Waals surface area contributed by atoms with Crippen molar-refractivity contribution in [2.24, 2.45) is 5.10 Å². The fraction of sp³-hybridized carbons (Fsp3) is 0.0625. The first-order valence-electron chi connectivity index (χ1n) is 6.63. The zero-order chi connectivity index (χ0) is 14.5. The van der Waals surface area contributed by atoms with Crippen LogP contribution in [0.15, 0.2) is 72.5 Å². The number of pyridine rings is 1. The van der Waals surface area contributed by atoms with E-state index < -0.39 is 0 Å². The lowest BCUT2D eigenvalue weighted by Crippen LogP contribution is -2.01. The van der Waals surface area contributed by atoms with Crippen molar-refractivity contribution in [3.05, 3.63) is 72.9 Å². The number of hydrazone groups is 1. The molecule has 0 spiro atoms. The number of nitrogens with zero attached hydrogens (tertiary/aromatic N) is 4. The molecule has 21 heavy (non-hydrogen) atoms. The summed E-state index contributed by atoms with van der Waals surface area (Å²) in [7, 11) is 0. The van der Waals surface area contributed by atoms with E-state index >= 15 is 0 Å². The number of nitrogens with one attached hydrogen (secondary N) is 1. The van der Waals surface area contributed by atoms with Crippen molar-refractivity contribution in [3.8, 4) is 5.69 Å². The average molecular weight is 277 g/mol. The Morgan fingerprint density at radius 2 is 1.95 bits per heavy atom. The summed E-state index contributed by atoms with van der Waals surface area (Å²) in [6.07, 6.45) is 7.18. The highest BCUT2D eigenvalue weighted by atomic mass is 15.3. The summed E-state index contributed by atoms with van der Waals surface area (Å²) in [5, 5.41) is 4.34. The van der Waals surface area contributed by atoms with E-state index in [4.69, 9.17) is 0 Å². The summed E-state index contributed by atoms with van der Waals surface area (Å²) in [6, 6.07) is 13.8. The van der Waals surface area contributed by atoms with Crippen LogP contribution in [0.2, 0.25) is 0 Å². The molecule has 2 heterocycles. The second kappa shape index (κ2) is 6.00. The number of aromatic nitrogens is 3. The van der Waals surface area contributed by atoms with Crippen molar-refractivity contribution in [2.75, 3.05) is 5.43 Å². The highest BCUT2D eigenvalue weighted by Gasteiger charge is 2.00. The van der Waals surface area contributed by atoms with Gasteiger partial charge in [-0.15, -0.1) is 0 Å². The third kappa shape index (κ3) is 3.14. The van der Waals surface area contributed by atoms with Crippen LogP contribution in [0.3, 0.4) is 0 Å². The maximum absolute atomic E-state index is 4.34. The molecule has 104 valence electrons. The van der Waals surface area contributed by atoms with E-state index in [9.17, 15) is 0 Å². The second-order valence-corrected chi connectivity index (χ2v) is 4.54. The number of imidazole rings is 1. The number of benzene rings is 1. The Bertz CT molecular complexity index is 715. The Morgan fingerprint density at radius 3 is 2.62 bits per heavy atom. The summed E-state index contributed by atoms with van der Waals surface area (Å²) in [4.78, 5) is 8.21.